The van der Waals surface area contributed by atoms with Gasteiger partial charge in [0.05, 0.1) is 5.25 Å². The Bertz CT molecular complexity index is 203. The maximum absolute atomic E-state index is 11.9. The molecule has 0 aromatic rings. The standard InChI is InChI=1S/C12H26N2OS.ClH/c1-6-13-10(5)8-14-12(15)11(9(3)4)16-7-2;/h9-11,13H,6-8H2,1-5H3,(H,14,15);1H/t10-,11?;/m1./s1. The molecule has 0 fully saturated rings. The highest BCUT2D eigenvalue weighted by Crippen LogP contribution is 2.19. The maximum atomic E-state index is 11.9. The minimum absolute atomic E-state index is 0. The van der Waals surface area contributed by atoms with Gasteiger partial charge in [0.1, 0.15) is 0 Å². The van der Waals surface area contributed by atoms with Gasteiger partial charge in [0.15, 0.2) is 0 Å². The maximum Gasteiger partial charge on any atom is 0.233 e. The first-order chi connectivity index (χ1) is 7.52. The molecule has 3 nitrogen and oxygen atoms in total. The summed E-state index contributed by atoms with van der Waals surface area (Å²) in [5.74, 6) is 1.55. The summed E-state index contributed by atoms with van der Waals surface area (Å²) in [6.45, 7) is 12.1. The number of nitrogens with one attached hydrogen (secondary N) is 2. The largest absolute Gasteiger partial charge is 0.354 e. The van der Waals surface area contributed by atoms with E-state index in [1.165, 1.54) is 0 Å². The Morgan fingerprint density at radius 3 is 2.24 bits per heavy atom. The molecule has 17 heavy (non-hydrogen) atoms. The molecule has 1 unspecified atom stereocenters. The fraction of sp³-hybridized carbons (Fsp3) is 0.917. The van der Waals surface area contributed by atoms with Gasteiger partial charge in [-0.15, -0.1) is 24.2 Å². The highest BCUT2D eigenvalue weighted by atomic mass is 35.5. The molecule has 0 saturated carbocycles. The SMILES string of the molecule is CCN[C@H](C)CNC(=O)C(SCC)C(C)C.Cl. The Hall–Kier alpha value is 0.0700. The van der Waals surface area contributed by atoms with E-state index in [2.05, 4.69) is 45.3 Å². The van der Waals surface area contributed by atoms with Gasteiger partial charge in [-0.1, -0.05) is 27.7 Å². The van der Waals surface area contributed by atoms with Crippen LogP contribution in [0, 0.1) is 5.92 Å². The summed E-state index contributed by atoms with van der Waals surface area (Å²) in [6, 6.07) is 0.341. The smallest absolute Gasteiger partial charge is 0.233 e. The van der Waals surface area contributed by atoms with E-state index in [0.717, 1.165) is 12.3 Å². The van der Waals surface area contributed by atoms with Crippen molar-refractivity contribution in [3.8, 4) is 0 Å². The Morgan fingerprint density at radius 2 is 1.82 bits per heavy atom. The lowest BCUT2D eigenvalue weighted by atomic mass is 10.1. The first-order valence-electron chi connectivity index (χ1n) is 6.15. The Labute approximate surface area is 116 Å². The van der Waals surface area contributed by atoms with Crippen LogP contribution in [0.5, 0.6) is 0 Å². The van der Waals surface area contributed by atoms with Crippen LogP contribution < -0.4 is 10.6 Å². The summed E-state index contributed by atoms with van der Waals surface area (Å²) in [6.07, 6.45) is 0. The van der Waals surface area contributed by atoms with Crippen molar-refractivity contribution in [3.05, 3.63) is 0 Å². The predicted octanol–water partition coefficient (Wildman–Crippen LogP) is 2.30. The summed E-state index contributed by atoms with van der Waals surface area (Å²) < 4.78 is 0. The zero-order valence-corrected chi connectivity index (χ0v) is 13.2. The van der Waals surface area contributed by atoms with Gasteiger partial charge < -0.3 is 10.6 Å². The first-order valence-corrected chi connectivity index (χ1v) is 7.20. The number of halogens is 1. The second-order valence-electron chi connectivity index (χ2n) is 4.32. The van der Waals surface area contributed by atoms with E-state index < -0.39 is 0 Å². The molecule has 1 amide bonds. The van der Waals surface area contributed by atoms with Crippen molar-refractivity contribution in [2.45, 2.75) is 45.9 Å². The lowest BCUT2D eigenvalue weighted by Gasteiger charge is -2.21. The number of thioether (sulfide) groups is 1. The molecule has 2 atom stereocenters. The molecule has 0 radical (unpaired) electrons. The number of amides is 1. The molecule has 0 aliphatic rings. The van der Waals surface area contributed by atoms with Crippen molar-refractivity contribution < 1.29 is 4.79 Å². The minimum atomic E-state index is 0. The van der Waals surface area contributed by atoms with Crippen LogP contribution in [-0.4, -0.2) is 36.0 Å². The van der Waals surface area contributed by atoms with Crippen molar-refractivity contribution in [1.29, 1.82) is 0 Å². The van der Waals surface area contributed by atoms with Crippen LogP contribution in [0.25, 0.3) is 0 Å². The zero-order chi connectivity index (χ0) is 12.6. The minimum Gasteiger partial charge on any atom is -0.354 e. The van der Waals surface area contributed by atoms with Gasteiger partial charge in [-0.2, -0.15) is 0 Å². The second-order valence-corrected chi connectivity index (χ2v) is 5.74. The zero-order valence-electron chi connectivity index (χ0n) is 11.6. The summed E-state index contributed by atoms with van der Waals surface area (Å²) in [4.78, 5) is 11.9. The Balaban J connectivity index is 0. The fourth-order valence-corrected chi connectivity index (χ4v) is 2.50. The lowest BCUT2D eigenvalue weighted by molar-refractivity contribution is -0.121. The average Bonchev–Trinajstić information content (AvgIpc) is 2.22. The molecule has 0 rings (SSSR count). The number of hydrogen-bond acceptors (Lipinski definition) is 3. The molecule has 5 heteroatoms. The van der Waals surface area contributed by atoms with Crippen molar-refractivity contribution >= 4 is 30.1 Å². The molecule has 0 heterocycles. The number of rotatable bonds is 8. The van der Waals surface area contributed by atoms with E-state index >= 15 is 0 Å². The molecule has 104 valence electrons. The average molecular weight is 283 g/mol. The number of likely N-dealkylation sites (N-methyl/N-ethyl adjacent to an activating group) is 1. The van der Waals surface area contributed by atoms with E-state index in [1.807, 2.05) is 0 Å². The number of hydrogen-bond donors (Lipinski definition) is 2. The first kappa shape index (κ1) is 19.4. The highest BCUT2D eigenvalue weighted by molar-refractivity contribution is 8.00. The Kier molecular flexibility index (Phi) is 12.8. The lowest BCUT2D eigenvalue weighted by Crippen LogP contribution is -2.43. The van der Waals surface area contributed by atoms with Crippen LogP contribution >= 0.6 is 24.2 Å². The van der Waals surface area contributed by atoms with Crippen molar-refractivity contribution in [3.63, 3.8) is 0 Å². The van der Waals surface area contributed by atoms with Gasteiger partial charge >= 0.3 is 0 Å². The Morgan fingerprint density at radius 1 is 1.24 bits per heavy atom. The van der Waals surface area contributed by atoms with Gasteiger partial charge in [-0.3, -0.25) is 4.79 Å². The molecule has 2 N–H and O–H groups in total. The third-order valence-electron chi connectivity index (χ3n) is 2.35. The van der Waals surface area contributed by atoms with E-state index in [1.54, 1.807) is 11.8 Å². The van der Waals surface area contributed by atoms with Crippen LogP contribution in [0.1, 0.15) is 34.6 Å². The summed E-state index contributed by atoms with van der Waals surface area (Å²) in [5.41, 5.74) is 0. The second kappa shape index (κ2) is 11.2. The topological polar surface area (TPSA) is 41.1 Å². The predicted molar refractivity (Wildman–Crippen MR) is 80.2 cm³/mol. The number of carbonyl (C=O) groups excluding carboxylic acids is 1. The fourth-order valence-electron chi connectivity index (χ4n) is 1.53. The molecule has 0 saturated heterocycles. The van der Waals surface area contributed by atoms with Gasteiger partial charge in [-0.05, 0) is 25.1 Å². The quantitative estimate of drug-likeness (QED) is 0.718. The van der Waals surface area contributed by atoms with Crippen LogP contribution in [0.3, 0.4) is 0 Å². The highest BCUT2D eigenvalue weighted by Gasteiger charge is 2.21. The van der Waals surface area contributed by atoms with Gasteiger partial charge in [0.25, 0.3) is 0 Å². The van der Waals surface area contributed by atoms with E-state index in [-0.39, 0.29) is 23.6 Å². The van der Waals surface area contributed by atoms with Gasteiger partial charge in [-0.25, -0.2) is 0 Å². The molecule has 0 bridgehead atoms. The molecule has 0 spiro atoms. The van der Waals surface area contributed by atoms with Crippen LogP contribution in [0.4, 0.5) is 0 Å². The van der Waals surface area contributed by atoms with Crippen molar-refractivity contribution in [2.24, 2.45) is 5.92 Å². The van der Waals surface area contributed by atoms with E-state index in [9.17, 15) is 4.79 Å². The van der Waals surface area contributed by atoms with E-state index in [4.69, 9.17) is 0 Å². The van der Waals surface area contributed by atoms with Crippen molar-refractivity contribution in [1.82, 2.24) is 10.6 Å². The molecule has 0 aromatic heterocycles. The van der Waals surface area contributed by atoms with Gasteiger partial charge in [0.2, 0.25) is 5.91 Å². The summed E-state index contributed by atoms with van der Waals surface area (Å²) >= 11 is 1.73. The summed E-state index contributed by atoms with van der Waals surface area (Å²) in [7, 11) is 0. The summed E-state index contributed by atoms with van der Waals surface area (Å²) in [5, 5.41) is 6.37. The molecule has 0 aliphatic heterocycles. The molecular formula is C12H27ClN2OS. The number of carbonyl (C=O) groups is 1. The molecule has 0 aliphatic carbocycles. The van der Waals surface area contributed by atoms with Gasteiger partial charge in [0, 0.05) is 12.6 Å². The third kappa shape index (κ3) is 8.75. The van der Waals surface area contributed by atoms with Crippen LogP contribution in [-0.2, 0) is 4.79 Å². The normalized spacial score (nSPS) is 14.0. The van der Waals surface area contributed by atoms with Crippen LogP contribution in [0.15, 0.2) is 0 Å². The monoisotopic (exact) mass is 282 g/mol. The van der Waals surface area contributed by atoms with E-state index in [0.29, 0.717) is 18.5 Å². The van der Waals surface area contributed by atoms with Crippen molar-refractivity contribution in [2.75, 3.05) is 18.8 Å². The van der Waals surface area contributed by atoms with Crippen LogP contribution in [0.2, 0.25) is 0 Å². The molecular weight excluding hydrogens is 256 g/mol. The molecule has 0 aromatic carbocycles. The third-order valence-corrected chi connectivity index (χ3v) is 3.80.